The van der Waals surface area contributed by atoms with Gasteiger partial charge in [-0.05, 0) is 49.8 Å². The molecule has 10 nitrogen and oxygen atoms in total. The number of azo groups is 1. The standard InChI is InChI=1S/C23H31F3N6O4S2/c1-4-7-11-36-21(33)20-28-30-22(37-20)29-27-17-12-15-8-9-16(6-3)32(10-5-2)19(15)13-18(17)31-38(34,35)14-23(24,25)26/h12-13,16,31H,4-11,14H2,1-3H3. The van der Waals surface area contributed by atoms with Crippen LogP contribution in [0.15, 0.2) is 22.4 Å². The van der Waals surface area contributed by atoms with Crippen molar-refractivity contribution in [1.82, 2.24) is 10.2 Å². The number of ether oxygens (including phenoxy) is 1. The van der Waals surface area contributed by atoms with E-state index in [9.17, 15) is 26.4 Å². The van der Waals surface area contributed by atoms with Crippen LogP contribution in [0, 0.1) is 0 Å². The molecule has 0 bridgehead atoms. The van der Waals surface area contributed by atoms with Crippen LogP contribution in [-0.4, -0.2) is 55.7 Å². The zero-order valence-corrected chi connectivity index (χ0v) is 23.0. The minimum atomic E-state index is -4.92. The molecular weight excluding hydrogens is 545 g/mol. The first kappa shape index (κ1) is 29.7. The van der Waals surface area contributed by atoms with E-state index in [4.69, 9.17) is 4.74 Å². The predicted octanol–water partition coefficient (Wildman–Crippen LogP) is 6.16. The van der Waals surface area contributed by atoms with E-state index in [0.717, 1.165) is 48.3 Å². The van der Waals surface area contributed by atoms with Gasteiger partial charge in [-0.15, -0.1) is 20.4 Å². The number of nitrogens with one attached hydrogen (secondary N) is 1. The van der Waals surface area contributed by atoms with Gasteiger partial charge < -0.3 is 9.64 Å². The SMILES string of the molecule is CCCCOC(=O)c1nnc(N=Nc2cc3c(cc2NS(=O)(=O)CC(F)(F)F)N(CCC)C(CC)CC3)s1. The molecule has 0 spiro atoms. The van der Waals surface area contributed by atoms with Crippen LogP contribution in [0.3, 0.4) is 0 Å². The lowest BCUT2D eigenvalue weighted by atomic mass is 9.93. The van der Waals surface area contributed by atoms with E-state index in [1.165, 1.54) is 6.07 Å². The Morgan fingerprint density at radius 2 is 1.97 bits per heavy atom. The molecule has 1 aromatic heterocycles. The highest BCUT2D eigenvalue weighted by Gasteiger charge is 2.36. The molecule has 1 N–H and O–H groups in total. The number of halogens is 3. The van der Waals surface area contributed by atoms with Crippen molar-refractivity contribution < 1.29 is 31.1 Å². The average Bonchev–Trinajstić information content (AvgIpc) is 3.31. The fourth-order valence-electron chi connectivity index (χ4n) is 4.12. The molecule has 1 unspecified atom stereocenters. The van der Waals surface area contributed by atoms with E-state index in [0.29, 0.717) is 19.4 Å². The van der Waals surface area contributed by atoms with Crippen molar-refractivity contribution in [3.8, 4) is 0 Å². The maximum Gasteiger partial charge on any atom is 0.404 e. The first-order chi connectivity index (χ1) is 18.0. The lowest BCUT2D eigenvalue weighted by Crippen LogP contribution is -2.39. The molecule has 2 heterocycles. The van der Waals surface area contributed by atoms with Gasteiger partial charge in [0.25, 0.3) is 5.13 Å². The van der Waals surface area contributed by atoms with Crippen LogP contribution in [-0.2, 0) is 21.2 Å². The molecule has 1 atom stereocenters. The molecule has 38 heavy (non-hydrogen) atoms. The summed E-state index contributed by atoms with van der Waals surface area (Å²) in [5.41, 5.74) is 1.54. The Balaban J connectivity index is 1.96. The third-order valence-corrected chi connectivity index (χ3v) is 7.84. The van der Waals surface area contributed by atoms with Gasteiger partial charge in [-0.3, -0.25) is 4.72 Å². The van der Waals surface area contributed by atoms with Gasteiger partial charge >= 0.3 is 12.1 Å². The van der Waals surface area contributed by atoms with Gasteiger partial charge in [0.1, 0.15) is 5.69 Å². The second kappa shape index (κ2) is 12.8. The van der Waals surface area contributed by atoms with Gasteiger partial charge in [-0.2, -0.15) is 13.2 Å². The number of rotatable bonds is 12. The van der Waals surface area contributed by atoms with Crippen molar-refractivity contribution in [2.75, 3.05) is 28.5 Å². The van der Waals surface area contributed by atoms with Gasteiger partial charge in [0.15, 0.2) is 5.75 Å². The van der Waals surface area contributed by atoms with Crippen molar-refractivity contribution >= 4 is 49.5 Å². The molecular formula is C23H31F3N6O4S2. The van der Waals surface area contributed by atoms with Crippen LogP contribution < -0.4 is 9.62 Å². The molecule has 2 aromatic rings. The maximum absolute atomic E-state index is 12.9. The minimum absolute atomic E-state index is 0.00733. The summed E-state index contributed by atoms with van der Waals surface area (Å²) in [5, 5.41) is 15.6. The van der Waals surface area contributed by atoms with Gasteiger partial charge in [-0.25, -0.2) is 13.2 Å². The summed E-state index contributed by atoms with van der Waals surface area (Å²) in [4.78, 5) is 14.2. The summed E-state index contributed by atoms with van der Waals surface area (Å²) < 4.78 is 70.5. The number of unbranched alkanes of at least 4 members (excludes halogenated alkanes) is 1. The molecule has 1 aliphatic rings. The Labute approximate surface area is 223 Å². The molecule has 0 radical (unpaired) electrons. The van der Waals surface area contributed by atoms with Crippen LogP contribution in [0.1, 0.15) is 68.2 Å². The summed E-state index contributed by atoms with van der Waals surface area (Å²) in [6.07, 6.45) is -0.0793. The number of fused-ring (bicyclic) bond motifs is 1. The molecule has 0 saturated carbocycles. The molecule has 1 aromatic carbocycles. The maximum atomic E-state index is 12.9. The number of aromatic nitrogens is 2. The number of aryl methyl sites for hydroxylation is 1. The molecule has 1 aliphatic heterocycles. The summed E-state index contributed by atoms with van der Waals surface area (Å²) in [5.74, 6) is -2.68. The second-order valence-corrected chi connectivity index (χ2v) is 11.5. The Morgan fingerprint density at radius 3 is 2.63 bits per heavy atom. The minimum Gasteiger partial charge on any atom is -0.460 e. The van der Waals surface area contributed by atoms with E-state index >= 15 is 0 Å². The second-order valence-electron chi connectivity index (χ2n) is 8.85. The summed E-state index contributed by atoms with van der Waals surface area (Å²) in [6, 6.07) is 3.37. The van der Waals surface area contributed by atoms with Crippen LogP contribution in [0.2, 0.25) is 0 Å². The number of hydrogen-bond donors (Lipinski definition) is 1. The zero-order valence-electron chi connectivity index (χ0n) is 21.4. The monoisotopic (exact) mass is 576 g/mol. The summed E-state index contributed by atoms with van der Waals surface area (Å²) in [7, 11) is -4.77. The van der Waals surface area contributed by atoms with Crippen molar-refractivity contribution in [2.45, 2.75) is 71.5 Å². The Kier molecular flexibility index (Phi) is 10.0. The summed E-state index contributed by atoms with van der Waals surface area (Å²) >= 11 is 0.831. The number of carbonyl (C=O) groups is 1. The molecule has 210 valence electrons. The number of benzene rings is 1. The van der Waals surface area contributed by atoms with Gasteiger partial charge in [0.05, 0.1) is 12.3 Å². The fourth-order valence-corrected chi connectivity index (χ4v) is 5.68. The Bertz CT molecular complexity index is 1250. The average molecular weight is 577 g/mol. The molecule has 3 rings (SSSR count). The van der Waals surface area contributed by atoms with E-state index in [-0.39, 0.29) is 34.2 Å². The third-order valence-electron chi connectivity index (χ3n) is 5.81. The van der Waals surface area contributed by atoms with Gasteiger partial charge in [0, 0.05) is 18.3 Å². The van der Waals surface area contributed by atoms with E-state index < -0.39 is 27.9 Å². The highest BCUT2D eigenvalue weighted by atomic mass is 32.2. The number of anilines is 2. The smallest absolute Gasteiger partial charge is 0.404 e. The number of carbonyl (C=O) groups excluding carboxylic acids is 1. The highest BCUT2D eigenvalue weighted by molar-refractivity contribution is 7.92. The number of alkyl halides is 3. The van der Waals surface area contributed by atoms with Crippen molar-refractivity contribution in [1.29, 1.82) is 0 Å². The topological polar surface area (TPSA) is 126 Å². The first-order valence-electron chi connectivity index (χ1n) is 12.4. The van der Waals surface area contributed by atoms with Gasteiger partial charge in [0.2, 0.25) is 15.0 Å². The van der Waals surface area contributed by atoms with E-state index in [1.807, 2.05) is 18.6 Å². The van der Waals surface area contributed by atoms with Crippen molar-refractivity contribution in [3.05, 3.63) is 22.7 Å². The fraction of sp³-hybridized carbons (Fsp3) is 0.609. The molecule has 0 amide bonds. The van der Waals surface area contributed by atoms with E-state index in [2.05, 4.69) is 32.2 Å². The number of sulfonamides is 1. The quantitative estimate of drug-likeness (QED) is 0.182. The van der Waals surface area contributed by atoms with Crippen LogP contribution in [0.4, 0.5) is 35.4 Å². The van der Waals surface area contributed by atoms with E-state index in [1.54, 1.807) is 6.07 Å². The van der Waals surface area contributed by atoms with Gasteiger partial charge in [-0.1, -0.05) is 38.5 Å². The highest BCUT2D eigenvalue weighted by Crippen LogP contribution is 2.40. The first-order valence-corrected chi connectivity index (χ1v) is 14.9. The Morgan fingerprint density at radius 1 is 1.21 bits per heavy atom. The van der Waals surface area contributed by atoms with Crippen molar-refractivity contribution in [3.63, 3.8) is 0 Å². The lowest BCUT2D eigenvalue weighted by molar-refractivity contribution is -0.106. The summed E-state index contributed by atoms with van der Waals surface area (Å²) in [6.45, 7) is 6.99. The lowest BCUT2D eigenvalue weighted by Gasteiger charge is -2.39. The molecule has 0 fully saturated rings. The predicted molar refractivity (Wildman–Crippen MR) is 139 cm³/mol. The molecule has 0 saturated heterocycles. The van der Waals surface area contributed by atoms with Crippen LogP contribution in [0.5, 0.6) is 0 Å². The number of hydrogen-bond acceptors (Lipinski definition) is 10. The zero-order chi connectivity index (χ0) is 27.9. The third kappa shape index (κ3) is 8.09. The number of nitrogens with zero attached hydrogens (tertiary/aromatic N) is 5. The molecule has 0 aliphatic carbocycles. The van der Waals surface area contributed by atoms with Crippen LogP contribution >= 0.6 is 11.3 Å². The number of esters is 1. The largest absolute Gasteiger partial charge is 0.460 e. The molecule has 15 heteroatoms. The van der Waals surface area contributed by atoms with Crippen molar-refractivity contribution in [2.24, 2.45) is 10.2 Å². The normalized spacial score (nSPS) is 16.1. The Hall–Kier alpha value is -2.81. The van der Waals surface area contributed by atoms with Crippen LogP contribution in [0.25, 0.3) is 0 Å².